The number of aromatic nitrogens is 3. The second kappa shape index (κ2) is 9.08. The van der Waals surface area contributed by atoms with Gasteiger partial charge in [0.25, 0.3) is 5.56 Å². The molecule has 0 bridgehead atoms. The minimum absolute atomic E-state index is 0.151. The lowest BCUT2D eigenvalue weighted by Crippen LogP contribution is -2.27. The monoisotopic (exact) mass is 496 g/mol. The zero-order valence-electron chi connectivity index (χ0n) is 17.7. The maximum atomic E-state index is 13.8. The number of carbonyl (C=O) groups excluding carboxylic acids is 1. The van der Waals surface area contributed by atoms with Crippen LogP contribution in [0.3, 0.4) is 0 Å². The highest BCUT2D eigenvalue weighted by Crippen LogP contribution is 2.25. The Bertz CT molecular complexity index is 1380. The van der Waals surface area contributed by atoms with Crippen molar-refractivity contribution >= 4 is 32.9 Å². The predicted molar refractivity (Wildman–Crippen MR) is 125 cm³/mol. The summed E-state index contributed by atoms with van der Waals surface area (Å²) < 4.78 is 17.9. The van der Waals surface area contributed by atoms with Gasteiger partial charge >= 0.3 is 0 Å². The lowest BCUT2D eigenvalue weighted by molar-refractivity contribution is -0.121. The number of hydrogen-bond donors (Lipinski definition) is 1. The molecule has 1 amide bonds. The Kier molecular flexibility index (Phi) is 6.23. The van der Waals surface area contributed by atoms with Gasteiger partial charge in [-0.05, 0) is 55.3 Å². The molecule has 0 aliphatic rings. The van der Waals surface area contributed by atoms with Crippen molar-refractivity contribution in [3.8, 4) is 5.69 Å². The van der Waals surface area contributed by atoms with Crippen LogP contribution in [-0.2, 0) is 17.9 Å². The molecule has 0 fully saturated rings. The third kappa shape index (κ3) is 4.36. The zero-order valence-corrected chi connectivity index (χ0v) is 19.3. The number of halogens is 2. The summed E-state index contributed by atoms with van der Waals surface area (Å²) in [6.07, 6.45) is 1.60. The molecule has 0 aliphatic heterocycles. The largest absolute Gasteiger partial charge is 0.352 e. The summed E-state index contributed by atoms with van der Waals surface area (Å²) in [5.74, 6) is -0.508. The van der Waals surface area contributed by atoms with Gasteiger partial charge in [-0.15, -0.1) is 0 Å². The maximum Gasteiger partial charge on any atom is 0.263 e. The summed E-state index contributed by atoms with van der Waals surface area (Å²) >= 11 is 3.41. The molecule has 32 heavy (non-hydrogen) atoms. The van der Waals surface area contributed by atoms with Crippen LogP contribution < -0.4 is 10.9 Å². The first kappa shape index (κ1) is 22.0. The van der Waals surface area contributed by atoms with Crippen molar-refractivity contribution in [1.29, 1.82) is 0 Å². The van der Waals surface area contributed by atoms with E-state index >= 15 is 0 Å². The van der Waals surface area contributed by atoms with E-state index in [1.165, 1.54) is 23.0 Å². The molecular weight excluding hydrogens is 475 g/mol. The second-order valence-electron chi connectivity index (χ2n) is 7.62. The first-order valence-corrected chi connectivity index (χ1v) is 11.0. The molecule has 0 spiro atoms. The lowest BCUT2D eigenvalue weighted by Gasteiger charge is -2.09. The first-order chi connectivity index (χ1) is 15.3. The van der Waals surface area contributed by atoms with Crippen LogP contribution in [0.4, 0.5) is 4.39 Å². The van der Waals surface area contributed by atoms with E-state index in [-0.39, 0.29) is 30.2 Å². The molecule has 2 aromatic heterocycles. The number of nitrogens with zero attached hydrogens (tertiary/aromatic N) is 3. The summed E-state index contributed by atoms with van der Waals surface area (Å²) in [5, 5.41) is 3.35. The minimum atomic E-state index is -0.358. The number of rotatable bonds is 6. The van der Waals surface area contributed by atoms with E-state index in [0.29, 0.717) is 23.3 Å². The SMILES string of the molecule is Cc1c(C)n(-c2cccc(F)c2)c2ncn(CCC(=O)NCc3cccc(Br)c3)c(=O)c12. The fourth-order valence-corrected chi connectivity index (χ4v) is 4.18. The molecule has 0 radical (unpaired) electrons. The van der Waals surface area contributed by atoms with Crippen LogP contribution in [0.25, 0.3) is 16.7 Å². The van der Waals surface area contributed by atoms with Crippen LogP contribution in [0.2, 0.25) is 0 Å². The molecule has 4 aromatic rings. The highest BCUT2D eigenvalue weighted by atomic mass is 79.9. The van der Waals surface area contributed by atoms with Gasteiger partial charge in [0.15, 0.2) is 5.65 Å². The van der Waals surface area contributed by atoms with Crippen LogP contribution in [0.15, 0.2) is 64.1 Å². The fraction of sp³-hybridized carbons (Fsp3) is 0.208. The Morgan fingerprint density at radius 1 is 1.16 bits per heavy atom. The molecule has 1 N–H and O–H groups in total. The van der Waals surface area contributed by atoms with E-state index in [4.69, 9.17) is 0 Å². The van der Waals surface area contributed by atoms with Gasteiger partial charge in [-0.1, -0.05) is 34.1 Å². The zero-order chi connectivity index (χ0) is 22.8. The van der Waals surface area contributed by atoms with Crippen molar-refractivity contribution in [2.45, 2.75) is 33.4 Å². The Labute approximate surface area is 192 Å². The average Bonchev–Trinajstić information content (AvgIpc) is 3.02. The maximum absolute atomic E-state index is 13.8. The van der Waals surface area contributed by atoms with Crippen LogP contribution in [-0.4, -0.2) is 20.0 Å². The number of carbonyl (C=O) groups is 1. The number of fused-ring (bicyclic) bond motifs is 1. The van der Waals surface area contributed by atoms with Crippen molar-refractivity contribution in [3.05, 3.63) is 92.3 Å². The normalized spacial score (nSPS) is 11.1. The molecule has 2 aromatic carbocycles. The van der Waals surface area contributed by atoms with Gasteiger partial charge in [0.2, 0.25) is 5.91 Å². The van der Waals surface area contributed by atoms with Gasteiger partial charge in [-0.3, -0.25) is 18.7 Å². The summed E-state index contributed by atoms with van der Waals surface area (Å²) in [6, 6.07) is 13.9. The highest BCUT2D eigenvalue weighted by molar-refractivity contribution is 9.10. The van der Waals surface area contributed by atoms with Gasteiger partial charge in [-0.25, -0.2) is 9.37 Å². The molecule has 0 unspecified atom stereocenters. The molecule has 6 nitrogen and oxygen atoms in total. The molecule has 0 saturated heterocycles. The van der Waals surface area contributed by atoms with Gasteiger partial charge in [0, 0.05) is 29.7 Å². The average molecular weight is 497 g/mol. The standard InChI is InChI=1S/C24H22BrFN4O2/c1-15-16(2)30(20-8-4-7-19(26)12-20)23-22(15)24(32)29(14-28-23)10-9-21(31)27-13-17-5-3-6-18(25)11-17/h3-8,11-12,14H,9-10,13H2,1-2H3,(H,27,31). The predicted octanol–water partition coefficient (Wildman–Crippen LogP) is 4.41. The van der Waals surface area contributed by atoms with Crippen molar-refractivity contribution in [3.63, 3.8) is 0 Å². The quantitative estimate of drug-likeness (QED) is 0.429. The van der Waals surface area contributed by atoms with Crippen LogP contribution in [0.1, 0.15) is 23.2 Å². The summed E-state index contributed by atoms with van der Waals surface area (Å²) in [7, 11) is 0. The molecule has 0 atom stereocenters. The van der Waals surface area contributed by atoms with Crippen molar-refractivity contribution in [2.75, 3.05) is 0 Å². The number of amides is 1. The number of nitrogens with one attached hydrogen (secondary N) is 1. The van der Waals surface area contributed by atoms with E-state index in [2.05, 4.69) is 26.2 Å². The Morgan fingerprint density at radius 3 is 2.69 bits per heavy atom. The summed E-state index contributed by atoms with van der Waals surface area (Å²) in [6.45, 7) is 4.36. The molecule has 164 valence electrons. The van der Waals surface area contributed by atoms with E-state index in [1.807, 2.05) is 38.1 Å². The van der Waals surface area contributed by atoms with Crippen molar-refractivity contribution in [2.24, 2.45) is 0 Å². The number of hydrogen-bond acceptors (Lipinski definition) is 3. The molecular formula is C24H22BrFN4O2. The first-order valence-electron chi connectivity index (χ1n) is 10.2. The molecule has 4 rings (SSSR count). The summed E-state index contributed by atoms with van der Waals surface area (Å²) in [5.41, 5.74) is 3.46. The van der Waals surface area contributed by atoms with E-state index < -0.39 is 0 Å². The van der Waals surface area contributed by atoms with Crippen LogP contribution in [0.5, 0.6) is 0 Å². The van der Waals surface area contributed by atoms with Crippen LogP contribution in [0, 0.1) is 19.7 Å². The topological polar surface area (TPSA) is 68.9 Å². The van der Waals surface area contributed by atoms with Crippen molar-refractivity contribution in [1.82, 2.24) is 19.4 Å². The van der Waals surface area contributed by atoms with Crippen molar-refractivity contribution < 1.29 is 9.18 Å². The second-order valence-corrected chi connectivity index (χ2v) is 8.54. The minimum Gasteiger partial charge on any atom is -0.352 e. The highest BCUT2D eigenvalue weighted by Gasteiger charge is 2.18. The summed E-state index contributed by atoms with van der Waals surface area (Å²) in [4.78, 5) is 29.9. The Morgan fingerprint density at radius 2 is 1.94 bits per heavy atom. The lowest BCUT2D eigenvalue weighted by atomic mass is 10.2. The Hall–Kier alpha value is -3.26. The van der Waals surface area contributed by atoms with E-state index in [1.54, 1.807) is 16.7 Å². The third-order valence-electron chi connectivity index (χ3n) is 5.51. The third-order valence-corrected chi connectivity index (χ3v) is 6.00. The molecule has 0 saturated carbocycles. The Balaban J connectivity index is 1.54. The van der Waals surface area contributed by atoms with Gasteiger partial charge < -0.3 is 5.32 Å². The number of aryl methyl sites for hydroxylation is 2. The van der Waals surface area contributed by atoms with E-state index in [9.17, 15) is 14.0 Å². The van der Waals surface area contributed by atoms with Gasteiger partial charge in [0.1, 0.15) is 5.82 Å². The van der Waals surface area contributed by atoms with Gasteiger partial charge in [-0.2, -0.15) is 0 Å². The molecule has 0 aliphatic carbocycles. The van der Waals surface area contributed by atoms with E-state index in [0.717, 1.165) is 21.3 Å². The fourth-order valence-electron chi connectivity index (χ4n) is 3.73. The van der Waals surface area contributed by atoms with Crippen LogP contribution >= 0.6 is 15.9 Å². The van der Waals surface area contributed by atoms with Gasteiger partial charge in [0.05, 0.1) is 17.4 Å². The molecule has 2 heterocycles. The smallest absolute Gasteiger partial charge is 0.263 e. The number of benzene rings is 2. The molecule has 8 heteroatoms.